The zero-order valence-electron chi connectivity index (χ0n) is 8.63. The Labute approximate surface area is 83.3 Å². The highest BCUT2D eigenvalue weighted by Gasteiger charge is 2.11. The number of rotatable bonds is 3. The number of benzene rings is 1. The predicted octanol–water partition coefficient (Wildman–Crippen LogP) is 2.26. The van der Waals surface area contributed by atoms with E-state index in [4.69, 9.17) is 9.84 Å². The van der Waals surface area contributed by atoms with Gasteiger partial charge >= 0.3 is 5.97 Å². The summed E-state index contributed by atoms with van der Waals surface area (Å²) in [6.07, 6.45) is 0.809. The fraction of sp³-hybridized carbons (Fsp3) is 0.364. The minimum Gasteiger partial charge on any atom is -0.497 e. The summed E-state index contributed by atoms with van der Waals surface area (Å²) in [7, 11) is 1.54. The minimum atomic E-state index is -0.906. The molecule has 0 spiro atoms. The molecule has 0 radical (unpaired) electrons. The first-order chi connectivity index (χ1) is 6.60. The van der Waals surface area contributed by atoms with E-state index in [0.717, 1.165) is 17.5 Å². The number of carboxylic acids is 1. The van der Waals surface area contributed by atoms with Crippen molar-refractivity contribution in [1.82, 2.24) is 0 Å². The van der Waals surface area contributed by atoms with Gasteiger partial charge in [0.05, 0.1) is 12.7 Å². The number of ether oxygens (including phenoxy) is 1. The van der Waals surface area contributed by atoms with Crippen LogP contribution in [0.2, 0.25) is 0 Å². The first kappa shape index (κ1) is 10.6. The van der Waals surface area contributed by atoms with Crippen LogP contribution < -0.4 is 4.74 Å². The van der Waals surface area contributed by atoms with Gasteiger partial charge in [0.1, 0.15) is 5.75 Å². The van der Waals surface area contributed by atoms with Crippen LogP contribution in [0.4, 0.5) is 0 Å². The van der Waals surface area contributed by atoms with Gasteiger partial charge in [-0.1, -0.05) is 6.92 Å². The van der Waals surface area contributed by atoms with Gasteiger partial charge in [0.2, 0.25) is 0 Å². The zero-order valence-corrected chi connectivity index (χ0v) is 8.63. The molecule has 0 atom stereocenters. The Morgan fingerprint density at radius 3 is 2.57 bits per heavy atom. The number of carboxylic acid groups (broad SMARTS) is 1. The van der Waals surface area contributed by atoms with Crippen LogP contribution in [0.5, 0.6) is 5.75 Å². The first-order valence-corrected chi connectivity index (χ1v) is 4.51. The summed E-state index contributed by atoms with van der Waals surface area (Å²) in [5.41, 5.74) is 2.16. The van der Waals surface area contributed by atoms with Crippen LogP contribution in [0.1, 0.15) is 28.4 Å². The monoisotopic (exact) mass is 194 g/mol. The van der Waals surface area contributed by atoms with Crippen LogP contribution in [-0.4, -0.2) is 18.2 Å². The summed E-state index contributed by atoms with van der Waals surface area (Å²) in [6, 6.07) is 3.43. The van der Waals surface area contributed by atoms with Gasteiger partial charge in [-0.3, -0.25) is 0 Å². The predicted molar refractivity (Wildman–Crippen MR) is 54.1 cm³/mol. The van der Waals surface area contributed by atoms with Crippen molar-refractivity contribution < 1.29 is 14.6 Å². The molecule has 0 aliphatic rings. The summed E-state index contributed by atoms with van der Waals surface area (Å²) in [4.78, 5) is 10.9. The average molecular weight is 194 g/mol. The molecule has 0 aromatic heterocycles. The first-order valence-electron chi connectivity index (χ1n) is 4.51. The van der Waals surface area contributed by atoms with Crippen LogP contribution in [-0.2, 0) is 6.42 Å². The molecule has 0 fully saturated rings. The van der Waals surface area contributed by atoms with Crippen LogP contribution >= 0.6 is 0 Å². The van der Waals surface area contributed by atoms with E-state index in [1.165, 1.54) is 7.11 Å². The highest BCUT2D eigenvalue weighted by Crippen LogP contribution is 2.22. The van der Waals surface area contributed by atoms with Crippen molar-refractivity contribution in [2.24, 2.45) is 0 Å². The molecule has 76 valence electrons. The van der Waals surface area contributed by atoms with Crippen molar-refractivity contribution in [2.45, 2.75) is 20.3 Å². The molecule has 1 aromatic carbocycles. The van der Waals surface area contributed by atoms with Gasteiger partial charge in [0.15, 0.2) is 0 Å². The third-order valence-electron chi connectivity index (χ3n) is 2.34. The summed E-state index contributed by atoms with van der Waals surface area (Å²) >= 11 is 0. The van der Waals surface area contributed by atoms with Crippen molar-refractivity contribution in [1.29, 1.82) is 0 Å². The van der Waals surface area contributed by atoms with Gasteiger partial charge < -0.3 is 9.84 Å². The maximum atomic E-state index is 10.9. The van der Waals surface area contributed by atoms with E-state index in [0.29, 0.717) is 11.3 Å². The molecule has 3 nitrogen and oxygen atoms in total. The highest BCUT2D eigenvalue weighted by atomic mass is 16.5. The van der Waals surface area contributed by atoms with Crippen molar-refractivity contribution in [3.8, 4) is 5.75 Å². The lowest BCUT2D eigenvalue weighted by atomic mass is 10.00. The molecule has 3 heteroatoms. The van der Waals surface area contributed by atoms with Gasteiger partial charge in [0.25, 0.3) is 0 Å². The Bertz CT molecular complexity index is 356. The number of aromatic carboxylic acids is 1. The van der Waals surface area contributed by atoms with Crippen LogP contribution in [0.3, 0.4) is 0 Å². The second-order valence-corrected chi connectivity index (χ2v) is 3.12. The van der Waals surface area contributed by atoms with Gasteiger partial charge in [-0.05, 0) is 36.6 Å². The topological polar surface area (TPSA) is 46.5 Å². The largest absolute Gasteiger partial charge is 0.497 e. The molecule has 1 N–H and O–H groups in total. The lowest BCUT2D eigenvalue weighted by molar-refractivity contribution is 0.0695. The maximum absolute atomic E-state index is 10.9. The second kappa shape index (κ2) is 4.13. The third-order valence-corrected chi connectivity index (χ3v) is 2.34. The number of hydrogen-bond donors (Lipinski definition) is 1. The van der Waals surface area contributed by atoms with E-state index in [9.17, 15) is 4.79 Å². The van der Waals surface area contributed by atoms with Gasteiger partial charge in [-0.2, -0.15) is 0 Å². The molecule has 0 amide bonds. The van der Waals surface area contributed by atoms with Crippen molar-refractivity contribution >= 4 is 5.97 Å². The Hall–Kier alpha value is -1.51. The number of hydrogen-bond acceptors (Lipinski definition) is 2. The van der Waals surface area contributed by atoms with Crippen LogP contribution in [0, 0.1) is 6.92 Å². The maximum Gasteiger partial charge on any atom is 0.336 e. The molecule has 0 saturated heterocycles. The van der Waals surface area contributed by atoms with Crippen molar-refractivity contribution in [3.05, 3.63) is 28.8 Å². The highest BCUT2D eigenvalue weighted by molar-refractivity contribution is 5.90. The van der Waals surface area contributed by atoms with Crippen LogP contribution in [0.15, 0.2) is 12.1 Å². The Kier molecular flexibility index (Phi) is 3.12. The Morgan fingerprint density at radius 1 is 1.50 bits per heavy atom. The second-order valence-electron chi connectivity index (χ2n) is 3.12. The molecule has 0 bridgehead atoms. The quantitative estimate of drug-likeness (QED) is 0.802. The molecule has 1 aromatic rings. The van der Waals surface area contributed by atoms with E-state index in [-0.39, 0.29) is 0 Å². The lowest BCUT2D eigenvalue weighted by Gasteiger charge is -2.09. The molecule has 0 saturated carbocycles. The fourth-order valence-electron chi connectivity index (χ4n) is 1.45. The van der Waals surface area contributed by atoms with Gasteiger partial charge in [0, 0.05) is 0 Å². The SMILES string of the molecule is CCc1cc(OC)cc(C(=O)O)c1C. The molecular formula is C11H14O3. The number of methoxy groups -OCH3 is 1. The van der Waals surface area contributed by atoms with Crippen molar-refractivity contribution in [3.63, 3.8) is 0 Å². The van der Waals surface area contributed by atoms with Gasteiger partial charge in [-0.15, -0.1) is 0 Å². The molecule has 0 heterocycles. The normalized spacial score (nSPS) is 9.93. The van der Waals surface area contributed by atoms with E-state index in [1.54, 1.807) is 6.07 Å². The van der Waals surface area contributed by atoms with Crippen LogP contribution in [0.25, 0.3) is 0 Å². The molecule has 0 unspecified atom stereocenters. The average Bonchev–Trinajstić information content (AvgIpc) is 2.17. The lowest BCUT2D eigenvalue weighted by Crippen LogP contribution is -2.03. The fourth-order valence-corrected chi connectivity index (χ4v) is 1.45. The number of carbonyl (C=O) groups is 1. The van der Waals surface area contributed by atoms with E-state index < -0.39 is 5.97 Å². The summed E-state index contributed by atoms with van der Waals surface area (Å²) in [6.45, 7) is 3.81. The molecule has 0 aliphatic carbocycles. The van der Waals surface area contributed by atoms with E-state index in [2.05, 4.69) is 0 Å². The summed E-state index contributed by atoms with van der Waals surface area (Å²) in [5.74, 6) is -0.305. The minimum absolute atomic E-state index is 0.321. The number of aryl methyl sites for hydroxylation is 1. The molecule has 1 rings (SSSR count). The summed E-state index contributed by atoms with van der Waals surface area (Å²) < 4.78 is 5.04. The van der Waals surface area contributed by atoms with E-state index >= 15 is 0 Å². The Balaban J connectivity index is 3.34. The molecule has 14 heavy (non-hydrogen) atoms. The molecule has 0 aliphatic heterocycles. The Morgan fingerprint density at radius 2 is 2.14 bits per heavy atom. The summed E-state index contributed by atoms with van der Waals surface area (Å²) in [5, 5.41) is 8.95. The zero-order chi connectivity index (χ0) is 10.7. The van der Waals surface area contributed by atoms with Gasteiger partial charge in [-0.25, -0.2) is 4.79 Å². The molecular weight excluding hydrogens is 180 g/mol. The van der Waals surface area contributed by atoms with E-state index in [1.807, 2.05) is 19.9 Å². The smallest absolute Gasteiger partial charge is 0.336 e. The van der Waals surface area contributed by atoms with Crippen molar-refractivity contribution in [2.75, 3.05) is 7.11 Å². The standard InChI is InChI=1S/C11H14O3/c1-4-8-5-9(14-3)6-10(7(8)2)11(12)13/h5-6H,4H2,1-3H3,(H,12,13). The third kappa shape index (κ3) is 1.87.